The Morgan fingerprint density at radius 1 is 1.21 bits per heavy atom. The molecule has 0 saturated heterocycles. The van der Waals surface area contributed by atoms with Gasteiger partial charge < -0.3 is 10.2 Å². The Labute approximate surface area is 121 Å². The highest BCUT2D eigenvalue weighted by atomic mass is 79.9. The molecule has 0 aromatic heterocycles. The van der Waals surface area contributed by atoms with Gasteiger partial charge >= 0.3 is 0 Å². The summed E-state index contributed by atoms with van der Waals surface area (Å²) in [6, 6.07) is 4.59. The molecule has 4 heteroatoms. The maximum Gasteiger partial charge on any atom is 0.124 e. The molecule has 0 heterocycles. The standard InChI is InChI=1S/C15H20BrFO2/c16-14-7-13(17)6-5-11(14)8-15(9-18,10-19)12-3-1-2-4-12/h5-7,12,18-19H,1-4,8-10H2. The molecule has 1 aromatic rings. The Kier molecular flexibility index (Phi) is 4.98. The van der Waals surface area contributed by atoms with E-state index in [4.69, 9.17) is 0 Å². The topological polar surface area (TPSA) is 40.5 Å². The van der Waals surface area contributed by atoms with E-state index in [0.29, 0.717) is 16.8 Å². The average Bonchev–Trinajstić information content (AvgIpc) is 2.93. The number of halogens is 2. The van der Waals surface area contributed by atoms with Gasteiger partial charge in [-0.25, -0.2) is 4.39 Å². The molecule has 1 aliphatic carbocycles. The van der Waals surface area contributed by atoms with Gasteiger partial charge in [0.15, 0.2) is 0 Å². The van der Waals surface area contributed by atoms with Gasteiger partial charge in [-0.05, 0) is 42.9 Å². The van der Waals surface area contributed by atoms with Crippen molar-refractivity contribution < 1.29 is 14.6 Å². The number of rotatable bonds is 5. The minimum Gasteiger partial charge on any atom is -0.396 e. The third-order valence-electron chi connectivity index (χ3n) is 4.41. The van der Waals surface area contributed by atoms with Crippen LogP contribution in [-0.2, 0) is 6.42 Å². The van der Waals surface area contributed by atoms with Gasteiger partial charge in [0, 0.05) is 9.89 Å². The number of hydrogen-bond donors (Lipinski definition) is 2. The molecule has 1 aliphatic rings. The van der Waals surface area contributed by atoms with Gasteiger partial charge in [0.25, 0.3) is 0 Å². The van der Waals surface area contributed by atoms with E-state index in [2.05, 4.69) is 15.9 Å². The lowest BCUT2D eigenvalue weighted by Gasteiger charge is -2.36. The highest BCUT2D eigenvalue weighted by Gasteiger charge is 2.39. The van der Waals surface area contributed by atoms with E-state index in [0.717, 1.165) is 31.2 Å². The van der Waals surface area contributed by atoms with Crippen molar-refractivity contribution in [2.75, 3.05) is 13.2 Å². The molecule has 0 spiro atoms. The van der Waals surface area contributed by atoms with Crippen LogP contribution in [0.5, 0.6) is 0 Å². The molecule has 19 heavy (non-hydrogen) atoms. The minimum atomic E-state index is -0.489. The van der Waals surface area contributed by atoms with Crippen LogP contribution in [-0.4, -0.2) is 23.4 Å². The van der Waals surface area contributed by atoms with Crippen molar-refractivity contribution >= 4 is 15.9 Å². The molecule has 2 N–H and O–H groups in total. The van der Waals surface area contributed by atoms with Crippen molar-refractivity contribution in [1.29, 1.82) is 0 Å². The summed E-state index contributed by atoms with van der Waals surface area (Å²) in [6.07, 6.45) is 5.01. The summed E-state index contributed by atoms with van der Waals surface area (Å²) in [7, 11) is 0. The molecular formula is C15H20BrFO2. The molecule has 0 unspecified atom stereocenters. The first-order valence-electron chi connectivity index (χ1n) is 6.77. The summed E-state index contributed by atoms with van der Waals surface area (Å²) in [6.45, 7) is -0.0596. The summed E-state index contributed by atoms with van der Waals surface area (Å²) in [4.78, 5) is 0. The van der Waals surface area contributed by atoms with E-state index in [1.54, 1.807) is 6.07 Å². The lowest BCUT2D eigenvalue weighted by atomic mass is 9.71. The quantitative estimate of drug-likeness (QED) is 0.869. The highest BCUT2D eigenvalue weighted by molar-refractivity contribution is 9.10. The second-order valence-corrected chi connectivity index (χ2v) is 6.43. The van der Waals surface area contributed by atoms with Gasteiger partial charge in [-0.15, -0.1) is 0 Å². The zero-order valence-electron chi connectivity index (χ0n) is 10.9. The van der Waals surface area contributed by atoms with Gasteiger partial charge in [0.1, 0.15) is 5.82 Å². The molecule has 0 atom stereocenters. The SMILES string of the molecule is OCC(CO)(Cc1ccc(F)cc1Br)C1CCCC1. The van der Waals surface area contributed by atoms with E-state index < -0.39 is 5.41 Å². The Balaban J connectivity index is 2.24. The Morgan fingerprint density at radius 2 is 1.84 bits per heavy atom. The maximum absolute atomic E-state index is 13.1. The molecule has 1 saturated carbocycles. The van der Waals surface area contributed by atoms with Crippen LogP contribution in [0.25, 0.3) is 0 Å². The largest absolute Gasteiger partial charge is 0.396 e. The van der Waals surface area contributed by atoms with Crippen molar-refractivity contribution in [2.24, 2.45) is 11.3 Å². The van der Waals surface area contributed by atoms with E-state index >= 15 is 0 Å². The van der Waals surface area contributed by atoms with Crippen LogP contribution in [0.1, 0.15) is 31.2 Å². The Bertz CT molecular complexity index is 426. The maximum atomic E-state index is 13.1. The molecular weight excluding hydrogens is 311 g/mol. The summed E-state index contributed by atoms with van der Waals surface area (Å²) >= 11 is 3.36. The Morgan fingerprint density at radius 3 is 2.37 bits per heavy atom. The lowest BCUT2D eigenvalue weighted by Crippen LogP contribution is -2.39. The molecule has 106 valence electrons. The van der Waals surface area contributed by atoms with Crippen molar-refractivity contribution in [3.05, 3.63) is 34.1 Å². The summed E-state index contributed by atoms with van der Waals surface area (Å²) in [5, 5.41) is 19.6. The van der Waals surface area contributed by atoms with Crippen molar-refractivity contribution in [3.8, 4) is 0 Å². The molecule has 0 aliphatic heterocycles. The van der Waals surface area contributed by atoms with Gasteiger partial charge in [-0.2, -0.15) is 0 Å². The molecule has 1 fully saturated rings. The van der Waals surface area contributed by atoms with Crippen LogP contribution < -0.4 is 0 Å². The average molecular weight is 331 g/mol. The van der Waals surface area contributed by atoms with Crippen LogP contribution in [0.3, 0.4) is 0 Å². The number of hydrogen-bond acceptors (Lipinski definition) is 2. The zero-order valence-corrected chi connectivity index (χ0v) is 12.5. The predicted molar refractivity (Wildman–Crippen MR) is 76.4 cm³/mol. The van der Waals surface area contributed by atoms with Crippen LogP contribution in [0.4, 0.5) is 4.39 Å². The first-order valence-corrected chi connectivity index (χ1v) is 7.56. The van der Waals surface area contributed by atoms with Gasteiger partial charge in [0.2, 0.25) is 0 Å². The van der Waals surface area contributed by atoms with Crippen LogP contribution in [0.2, 0.25) is 0 Å². The minimum absolute atomic E-state index is 0.0298. The van der Waals surface area contributed by atoms with E-state index in [9.17, 15) is 14.6 Å². The predicted octanol–water partition coefficient (Wildman–Crippen LogP) is 3.29. The van der Waals surface area contributed by atoms with Gasteiger partial charge in [-0.3, -0.25) is 0 Å². The number of aliphatic hydroxyl groups excluding tert-OH is 2. The first kappa shape index (κ1) is 14.9. The zero-order chi connectivity index (χ0) is 13.9. The van der Waals surface area contributed by atoms with Gasteiger partial charge in [0.05, 0.1) is 13.2 Å². The van der Waals surface area contributed by atoms with Crippen LogP contribution >= 0.6 is 15.9 Å². The fourth-order valence-corrected chi connectivity index (χ4v) is 3.64. The summed E-state index contributed by atoms with van der Waals surface area (Å²) in [5.41, 5.74) is 0.452. The lowest BCUT2D eigenvalue weighted by molar-refractivity contribution is 0.00557. The second kappa shape index (κ2) is 6.33. The molecule has 0 radical (unpaired) electrons. The first-order chi connectivity index (χ1) is 9.11. The van der Waals surface area contributed by atoms with Crippen molar-refractivity contribution in [2.45, 2.75) is 32.1 Å². The van der Waals surface area contributed by atoms with E-state index in [-0.39, 0.29) is 19.0 Å². The second-order valence-electron chi connectivity index (χ2n) is 5.57. The third kappa shape index (κ3) is 3.18. The monoisotopic (exact) mass is 330 g/mol. The summed E-state index contributed by atoms with van der Waals surface area (Å²) in [5.74, 6) is 0.0644. The van der Waals surface area contributed by atoms with Gasteiger partial charge in [-0.1, -0.05) is 34.8 Å². The smallest absolute Gasteiger partial charge is 0.124 e. The summed E-state index contributed by atoms with van der Waals surface area (Å²) < 4.78 is 13.8. The fraction of sp³-hybridized carbons (Fsp3) is 0.600. The third-order valence-corrected chi connectivity index (χ3v) is 5.15. The number of aliphatic hydroxyl groups is 2. The highest BCUT2D eigenvalue weighted by Crippen LogP contribution is 2.42. The van der Waals surface area contributed by atoms with Crippen molar-refractivity contribution in [3.63, 3.8) is 0 Å². The van der Waals surface area contributed by atoms with Crippen molar-refractivity contribution in [1.82, 2.24) is 0 Å². The van der Waals surface area contributed by atoms with E-state index in [1.165, 1.54) is 12.1 Å². The molecule has 0 bridgehead atoms. The molecule has 1 aromatic carbocycles. The fourth-order valence-electron chi connectivity index (χ4n) is 3.15. The molecule has 2 nitrogen and oxygen atoms in total. The Hall–Kier alpha value is -0.450. The normalized spacial score (nSPS) is 17.1. The number of benzene rings is 1. The van der Waals surface area contributed by atoms with Crippen LogP contribution in [0, 0.1) is 17.2 Å². The van der Waals surface area contributed by atoms with E-state index in [1.807, 2.05) is 0 Å². The van der Waals surface area contributed by atoms with Crippen LogP contribution in [0.15, 0.2) is 22.7 Å². The molecule has 0 amide bonds. The molecule has 2 rings (SSSR count).